The van der Waals surface area contributed by atoms with Crippen molar-refractivity contribution < 1.29 is 9.59 Å². The van der Waals surface area contributed by atoms with Crippen LogP contribution in [0, 0.1) is 6.92 Å². The molecule has 34 heavy (non-hydrogen) atoms. The summed E-state index contributed by atoms with van der Waals surface area (Å²) in [7, 11) is 1.78. The van der Waals surface area contributed by atoms with Gasteiger partial charge in [0, 0.05) is 12.6 Å². The van der Waals surface area contributed by atoms with Crippen LogP contribution in [-0.4, -0.2) is 38.5 Å². The minimum absolute atomic E-state index is 0.128. The largest absolute Gasteiger partial charge is 0.334 e. The SMILES string of the molecule is Cc1ccc(C(=O)Nc2nc3c(s2)c(C(=O)N(C)[C@H](C)c2ccccc2)nn3C(C)(C)C)cc1. The molecule has 0 bridgehead atoms. The number of nitrogens with one attached hydrogen (secondary N) is 1. The van der Waals surface area contributed by atoms with Gasteiger partial charge in [-0.1, -0.05) is 59.4 Å². The summed E-state index contributed by atoms with van der Waals surface area (Å²) in [4.78, 5) is 32.6. The van der Waals surface area contributed by atoms with Gasteiger partial charge in [-0.05, 0) is 52.3 Å². The summed E-state index contributed by atoms with van der Waals surface area (Å²) < 4.78 is 2.42. The average molecular weight is 476 g/mol. The van der Waals surface area contributed by atoms with Crippen LogP contribution in [0.25, 0.3) is 10.3 Å². The molecule has 176 valence electrons. The molecule has 8 heteroatoms. The lowest BCUT2D eigenvalue weighted by molar-refractivity contribution is 0.0736. The molecule has 2 aromatic carbocycles. The molecule has 0 saturated heterocycles. The number of thiazole rings is 1. The molecule has 0 aliphatic heterocycles. The van der Waals surface area contributed by atoms with Crippen LogP contribution in [0.2, 0.25) is 0 Å². The molecule has 0 radical (unpaired) electrons. The number of hydrogen-bond donors (Lipinski definition) is 1. The fourth-order valence-electron chi connectivity index (χ4n) is 3.64. The van der Waals surface area contributed by atoms with Crippen molar-refractivity contribution >= 4 is 38.6 Å². The number of aromatic nitrogens is 3. The Kier molecular flexibility index (Phi) is 6.27. The van der Waals surface area contributed by atoms with Gasteiger partial charge in [0.05, 0.1) is 11.6 Å². The van der Waals surface area contributed by atoms with Crippen molar-refractivity contribution in [2.75, 3.05) is 12.4 Å². The summed E-state index contributed by atoms with van der Waals surface area (Å²) in [6.07, 6.45) is 0. The maximum absolute atomic E-state index is 13.5. The quantitative estimate of drug-likeness (QED) is 0.405. The highest BCUT2D eigenvalue weighted by molar-refractivity contribution is 7.22. The number of carbonyl (C=O) groups is 2. The van der Waals surface area contributed by atoms with Crippen molar-refractivity contribution in [1.82, 2.24) is 19.7 Å². The Bertz CT molecular complexity index is 1330. The first-order valence-corrected chi connectivity index (χ1v) is 12.0. The Morgan fingerprint density at radius 2 is 1.71 bits per heavy atom. The molecule has 7 nitrogen and oxygen atoms in total. The third kappa shape index (κ3) is 4.59. The molecule has 0 aliphatic carbocycles. The topological polar surface area (TPSA) is 80.1 Å². The van der Waals surface area contributed by atoms with Gasteiger partial charge < -0.3 is 4.90 Å². The first-order valence-electron chi connectivity index (χ1n) is 11.2. The second-order valence-electron chi connectivity index (χ2n) is 9.43. The number of nitrogens with zero attached hydrogens (tertiary/aromatic N) is 4. The van der Waals surface area contributed by atoms with Crippen LogP contribution in [0.5, 0.6) is 0 Å². The highest BCUT2D eigenvalue weighted by atomic mass is 32.1. The van der Waals surface area contributed by atoms with Gasteiger partial charge in [0.1, 0.15) is 4.70 Å². The normalized spacial score (nSPS) is 12.5. The van der Waals surface area contributed by atoms with E-state index in [1.54, 1.807) is 28.8 Å². The van der Waals surface area contributed by atoms with Crippen molar-refractivity contribution in [3.05, 3.63) is 77.0 Å². The molecule has 0 aliphatic rings. The summed E-state index contributed by atoms with van der Waals surface area (Å²) in [6, 6.07) is 17.1. The van der Waals surface area contributed by atoms with Crippen LogP contribution >= 0.6 is 11.3 Å². The van der Waals surface area contributed by atoms with Gasteiger partial charge in [-0.15, -0.1) is 0 Å². The zero-order valence-corrected chi connectivity index (χ0v) is 21.1. The van der Waals surface area contributed by atoms with Gasteiger partial charge in [0.2, 0.25) is 0 Å². The predicted molar refractivity (Wildman–Crippen MR) is 136 cm³/mol. The van der Waals surface area contributed by atoms with Gasteiger partial charge in [-0.2, -0.15) is 10.1 Å². The lowest BCUT2D eigenvalue weighted by Crippen LogP contribution is -2.31. The van der Waals surface area contributed by atoms with Crippen LogP contribution < -0.4 is 5.32 Å². The van der Waals surface area contributed by atoms with Crippen LogP contribution in [0.15, 0.2) is 54.6 Å². The van der Waals surface area contributed by atoms with Crippen LogP contribution in [-0.2, 0) is 5.54 Å². The predicted octanol–water partition coefficient (Wildman–Crippen LogP) is 5.64. The smallest absolute Gasteiger partial charge is 0.276 e. The summed E-state index contributed by atoms with van der Waals surface area (Å²) in [5, 5.41) is 7.98. The lowest BCUT2D eigenvalue weighted by atomic mass is 10.1. The van der Waals surface area contributed by atoms with Crippen LogP contribution in [0.3, 0.4) is 0 Å². The summed E-state index contributed by atoms with van der Waals surface area (Å²) in [6.45, 7) is 9.99. The molecule has 0 unspecified atom stereocenters. The summed E-state index contributed by atoms with van der Waals surface area (Å²) in [5.74, 6) is -0.432. The molecule has 2 amide bonds. The zero-order valence-electron chi connectivity index (χ0n) is 20.3. The van der Waals surface area contributed by atoms with E-state index in [0.29, 0.717) is 26.7 Å². The van der Waals surface area contributed by atoms with Gasteiger partial charge >= 0.3 is 0 Å². The highest BCUT2D eigenvalue weighted by Gasteiger charge is 2.30. The van der Waals surface area contributed by atoms with E-state index >= 15 is 0 Å². The molecule has 4 rings (SSSR count). The van der Waals surface area contributed by atoms with E-state index in [0.717, 1.165) is 11.1 Å². The average Bonchev–Trinajstić information content (AvgIpc) is 3.36. The number of hydrogen-bond acceptors (Lipinski definition) is 5. The van der Waals surface area contributed by atoms with Crippen molar-refractivity contribution in [2.45, 2.75) is 46.2 Å². The summed E-state index contributed by atoms with van der Waals surface area (Å²) >= 11 is 1.27. The first kappa shape index (κ1) is 23.6. The molecule has 0 saturated carbocycles. The van der Waals surface area contributed by atoms with E-state index in [-0.39, 0.29) is 17.9 Å². The van der Waals surface area contributed by atoms with E-state index < -0.39 is 5.54 Å². The Morgan fingerprint density at radius 3 is 2.32 bits per heavy atom. The fraction of sp³-hybridized carbons (Fsp3) is 0.308. The molecule has 4 aromatic rings. The molecular weight excluding hydrogens is 446 g/mol. The number of aryl methyl sites for hydroxylation is 1. The van der Waals surface area contributed by atoms with Gasteiger partial charge in [-0.25, -0.2) is 4.68 Å². The first-order chi connectivity index (χ1) is 16.1. The van der Waals surface area contributed by atoms with Crippen molar-refractivity contribution in [2.24, 2.45) is 0 Å². The maximum atomic E-state index is 13.5. The molecule has 2 aromatic heterocycles. The monoisotopic (exact) mass is 475 g/mol. The number of carbonyl (C=O) groups excluding carboxylic acids is 2. The number of rotatable bonds is 5. The molecule has 0 spiro atoms. The van der Waals surface area contributed by atoms with Crippen molar-refractivity contribution in [3.8, 4) is 0 Å². The zero-order chi connectivity index (χ0) is 24.6. The third-order valence-electron chi connectivity index (χ3n) is 5.78. The van der Waals surface area contributed by atoms with E-state index in [9.17, 15) is 9.59 Å². The Hall–Kier alpha value is -3.52. The standard InChI is InChI=1S/C26H29N5O2S/c1-16-12-14-19(15-13-16)23(32)28-25-27-22-21(34-25)20(29-31(22)26(3,4)5)24(33)30(6)17(2)18-10-8-7-9-11-18/h7-15,17H,1-6H3,(H,27,28,32)/t17-/m1/s1. The maximum Gasteiger partial charge on any atom is 0.276 e. The van der Waals surface area contributed by atoms with Gasteiger partial charge in [-0.3, -0.25) is 14.9 Å². The number of anilines is 1. The van der Waals surface area contributed by atoms with Gasteiger partial charge in [0.25, 0.3) is 11.8 Å². The van der Waals surface area contributed by atoms with Crippen molar-refractivity contribution in [3.63, 3.8) is 0 Å². The molecular formula is C26H29N5O2S. The fourth-order valence-corrected chi connectivity index (χ4v) is 4.55. The van der Waals surface area contributed by atoms with E-state index in [4.69, 9.17) is 0 Å². The minimum atomic E-state index is -0.396. The van der Waals surface area contributed by atoms with Crippen LogP contribution in [0.1, 0.15) is 65.7 Å². The van der Waals surface area contributed by atoms with E-state index in [1.165, 1.54) is 11.3 Å². The van der Waals surface area contributed by atoms with E-state index in [1.807, 2.05) is 77.1 Å². The number of fused-ring (bicyclic) bond motifs is 1. The van der Waals surface area contributed by atoms with Crippen molar-refractivity contribution in [1.29, 1.82) is 0 Å². The molecule has 0 fully saturated rings. The third-order valence-corrected chi connectivity index (χ3v) is 6.75. The summed E-state index contributed by atoms with van der Waals surface area (Å²) in [5.41, 5.74) is 3.20. The van der Waals surface area contributed by atoms with E-state index in [2.05, 4.69) is 15.4 Å². The number of benzene rings is 2. The minimum Gasteiger partial charge on any atom is -0.334 e. The molecule has 1 atom stereocenters. The molecule has 2 heterocycles. The Morgan fingerprint density at radius 1 is 1.06 bits per heavy atom. The highest BCUT2D eigenvalue weighted by Crippen LogP contribution is 2.34. The second kappa shape index (κ2) is 9.02. The Balaban J connectivity index is 1.69. The van der Waals surface area contributed by atoms with Gasteiger partial charge in [0.15, 0.2) is 16.5 Å². The second-order valence-corrected chi connectivity index (χ2v) is 10.4. The lowest BCUT2D eigenvalue weighted by Gasteiger charge is -2.25. The Labute approximate surface area is 203 Å². The van der Waals surface area contributed by atoms with Crippen LogP contribution in [0.4, 0.5) is 5.13 Å². The molecule has 1 N–H and O–H groups in total. The number of amides is 2.